The summed E-state index contributed by atoms with van der Waals surface area (Å²) in [5, 5.41) is 5.60. The molecule has 1 aliphatic rings. The van der Waals surface area contributed by atoms with Crippen LogP contribution in [0.3, 0.4) is 0 Å². The third kappa shape index (κ3) is 5.74. The van der Waals surface area contributed by atoms with Gasteiger partial charge in [0.1, 0.15) is 5.52 Å². The molecular weight excluding hydrogens is 442 g/mol. The molecule has 9 nitrogen and oxygen atoms in total. The van der Waals surface area contributed by atoms with E-state index in [-0.39, 0.29) is 12.1 Å². The lowest BCUT2D eigenvalue weighted by Gasteiger charge is -2.35. The van der Waals surface area contributed by atoms with Crippen LogP contribution in [0, 0.1) is 0 Å². The normalized spacial score (nSPS) is 16.1. The largest absolute Gasteiger partial charge is 0.377 e. The summed E-state index contributed by atoms with van der Waals surface area (Å²) in [6, 6.07) is 10.00. The van der Waals surface area contributed by atoms with E-state index in [1.54, 1.807) is 0 Å². The molecule has 0 saturated carbocycles. The minimum atomic E-state index is -0.208. The Hall–Kier alpha value is -3.17. The number of aromatic nitrogens is 3. The molecule has 35 heavy (non-hydrogen) atoms. The van der Waals surface area contributed by atoms with Crippen molar-refractivity contribution in [3.63, 3.8) is 0 Å². The van der Waals surface area contributed by atoms with Crippen molar-refractivity contribution in [1.82, 2.24) is 24.8 Å². The van der Waals surface area contributed by atoms with Gasteiger partial charge in [-0.25, -0.2) is 14.8 Å². The Kier molecular flexibility index (Phi) is 8.20. The Morgan fingerprint density at radius 1 is 1.20 bits per heavy atom. The first-order valence-electron chi connectivity index (χ1n) is 12.6. The van der Waals surface area contributed by atoms with Gasteiger partial charge in [-0.3, -0.25) is 0 Å². The van der Waals surface area contributed by atoms with Crippen LogP contribution < -0.4 is 15.5 Å². The predicted octanol–water partition coefficient (Wildman–Crippen LogP) is 3.81. The molecule has 2 N–H and O–H groups in total. The summed E-state index contributed by atoms with van der Waals surface area (Å²) < 4.78 is 7.85. The van der Waals surface area contributed by atoms with Crippen LogP contribution >= 0.6 is 0 Å². The highest BCUT2D eigenvalue weighted by Gasteiger charge is 2.24. The van der Waals surface area contributed by atoms with Crippen molar-refractivity contribution in [1.29, 1.82) is 0 Å². The van der Waals surface area contributed by atoms with Crippen LogP contribution in [0.2, 0.25) is 0 Å². The number of likely N-dealkylation sites (N-methyl/N-ethyl adjacent to an activating group) is 1. The fourth-order valence-electron chi connectivity index (χ4n) is 4.48. The van der Waals surface area contributed by atoms with Crippen molar-refractivity contribution in [2.75, 3.05) is 56.2 Å². The number of carbonyl (C=O) groups excluding carboxylic acids is 1. The maximum Gasteiger partial charge on any atom is 0.319 e. The first kappa shape index (κ1) is 24.9. The van der Waals surface area contributed by atoms with Gasteiger partial charge in [0.25, 0.3) is 0 Å². The minimum absolute atomic E-state index is 0.208. The number of benzene rings is 1. The fourth-order valence-corrected chi connectivity index (χ4v) is 4.48. The number of hydrogen-bond acceptors (Lipinski definition) is 6. The van der Waals surface area contributed by atoms with Crippen LogP contribution in [0.4, 0.5) is 16.2 Å². The zero-order valence-electron chi connectivity index (χ0n) is 21.3. The van der Waals surface area contributed by atoms with Gasteiger partial charge in [-0.1, -0.05) is 26.0 Å². The van der Waals surface area contributed by atoms with Gasteiger partial charge in [-0.05, 0) is 45.1 Å². The Bertz CT molecular complexity index is 1120. The topological polar surface area (TPSA) is 87.6 Å². The lowest BCUT2D eigenvalue weighted by molar-refractivity contribution is 0.0991. The van der Waals surface area contributed by atoms with Crippen LogP contribution in [-0.2, 0) is 11.3 Å². The van der Waals surface area contributed by atoms with Crippen LogP contribution in [-0.4, -0.2) is 77.4 Å². The van der Waals surface area contributed by atoms with E-state index in [1.165, 1.54) is 0 Å². The summed E-state index contributed by atoms with van der Waals surface area (Å²) in [4.78, 5) is 26.5. The standard InChI is InChI=1S/C26H37N7O2/c1-5-27-26(34)29-21-10-8-20(9-11-21)22-16-23(33-14-15-35-17-19(33)4)24-25(30-22)32(18-28-24)13-12-31(6-2)7-3/h8-11,16,18-19H,5-7,12-15,17H2,1-4H3,(H2,27,29,34)/t19-/m0/s1. The van der Waals surface area contributed by atoms with Crippen molar-refractivity contribution < 1.29 is 9.53 Å². The maximum absolute atomic E-state index is 11.9. The van der Waals surface area contributed by atoms with Gasteiger partial charge in [0, 0.05) is 43.5 Å². The Morgan fingerprint density at radius 3 is 2.66 bits per heavy atom. The highest BCUT2D eigenvalue weighted by Crippen LogP contribution is 2.32. The number of urea groups is 1. The lowest BCUT2D eigenvalue weighted by atomic mass is 10.1. The average molecular weight is 480 g/mol. The SMILES string of the molecule is CCNC(=O)Nc1ccc(-c2cc(N3CCOC[C@@H]3C)c3ncn(CCN(CC)CC)c3n2)cc1. The molecule has 1 atom stereocenters. The van der Waals surface area contributed by atoms with Crippen LogP contribution in [0.5, 0.6) is 0 Å². The number of nitrogens with one attached hydrogen (secondary N) is 2. The second-order valence-corrected chi connectivity index (χ2v) is 8.84. The minimum Gasteiger partial charge on any atom is -0.377 e. The molecule has 2 amide bonds. The Balaban J connectivity index is 1.71. The van der Waals surface area contributed by atoms with Crippen LogP contribution in [0.15, 0.2) is 36.7 Å². The molecule has 0 bridgehead atoms. The summed E-state index contributed by atoms with van der Waals surface area (Å²) in [6.45, 7) is 15.1. The van der Waals surface area contributed by atoms with E-state index >= 15 is 0 Å². The van der Waals surface area contributed by atoms with Crippen molar-refractivity contribution >= 4 is 28.6 Å². The van der Waals surface area contributed by atoms with E-state index < -0.39 is 0 Å². The van der Waals surface area contributed by atoms with E-state index in [4.69, 9.17) is 14.7 Å². The summed E-state index contributed by atoms with van der Waals surface area (Å²) in [5.41, 5.74) is 5.54. The highest BCUT2D eigenvalue weighted by molar-refractivity contribution is 5.91. The van der Waals surface area contributed by atoms with Gasteiger partial charge >= 0.3 is 6.03 Å². The summed E-state index contributed by atoms with van der Waals surface area (Å²) >= 11 is 0. The molecule has 0 unspecified atom stereocenters. The number of morpholine rings is 1. The van der Waals surface area contributed by atoms with Gasteiger partial charge in [0.15, 0.2) is 5.65 Å². The quantitative estimate of drug-likeness (QED) is 0.485. The number of hydrogen-bond donors (Lipinski definition) is 2. The average Bonchev–Trinajstić information content (AvgIpc) is 3.28. The van der Waals surface area contributed by atoms with Gasteiger partial charge in [0.05, 0.1) is 30.9 Å². The smallest absolute Gasteiger partial charge is 0.319 e. The summed E-state index contributed by atoms with van der Waals surface area (Å²) in [6.07, 6.45) is 1.92. The number of imidazole rings is 1. The number of amides is 2. The molecule has 2 aromatic heterocycles. The molecule has 4 rings (SSSR count). The van der Waals surface area contributed by atoms with Gasteiger partial charge < -0.3 is 29.7 Å². The number of pyridine rings is 1. The molecule has 1 aliphatic heterocycles. The molecule has 9 heteroatoms. The van der Waals surface area contributed by atoms with Crippen molar-refractivity contribution in [2.45, 2.75) is 40.3 Å². The third-order valence-corrected chi connectivity index (χ3v) is 6.56. The zero-order chi connectivity index (χ0) is 24.8. The van der Waals surface area contributed by atoms with Crippen LogP contribution in [0.25, 0.3) is 22.4 Å². The second-order valence-electron chi connectivity index (χ2n) is 8.84. The molecule has 0 radical (unpaired) electrons. The Morgan fingerprint density at radius 2 is 1.97 bits per heavy atom. The van der Waals surface area contributed by atoms with Crippen molar-refractivity contribution in [2.24, 2.45) is 0 Å². The number of fused-ring (bicyclic) bond motifs is 1. The molecule has 0 aliphatic carbocycles. The van der Waals surface area contributed by atoms with Crippen LogP contribution in [0.1, 0.15) is 27.7 Å². The maximum atomic E-state index is 11.9. The molecule has 3 aromatic rings. The first-order chi connectivity index (χ1) is 17.0. The fraction of sp³-hybridized carbons (Fsp3) is 0.500. The highest BCUT2D eigenvalue weighted by atomic mass is 16.5. The monoisotopic (exact) mass is 479 g/mol. The second kappa shape index (κ2) is 11.5. The zero-order valence-corrected chi connectivity index (χ0v) is 21.3. The number of carbonyl (C=O) groups is 1. The van der Waals surface area contributed by atoms with Crippen molar-refractivity contribution in [3.8, 4) is 11.3 Å². The van der Waals surface area contributed by atoms with Gasteiger partial charge in [0.2, 0.25) is 0 Å². The van der Waals surface area contributed by atoms with E-state index in [1.807, 2.05) is 37.5 Å². The molecule has 3 heterocycles. The number of anilines is 2. The van der Waals surface area contributed by atoms with Crippen molar-refractivity contribution in [3.05, 3.63) is 36.7 Å². The van der Waals surface area contributed by atoms with Gasteiger partial charge in [-0.2, -0.15) is 0 Å². The predicted molar refractivity (Wildman–Crippen MR) is 141 cm³/mol. The molecule has 188 valence electrons. The number of ether oxygens (including phenoxy) is 1. The van der Waals surface area contributed by atoms with E-state index in [2.05, 4.69) is 51.8 Å². The molecular formula is C26H37N7O2. The van der Waals surface area contributed by atoms with E-state index in [0.717, 1.165) is 66.5 Å². The lowest BCUT2D eigenvalue weighted by Crippen LogP contribution is -2.43. The number of rotatable bonds is 9. The summed E-state index contributed by atoms with van der Waals surface area (Å²) in [5.74, 6) is 0. The Labute approximate surface area is 207 Å². The number of nitrogens with zero attached hydrogens (tertiary/aromatic N) is 5. The third-order valence-electron chi connectivity index (χ3n) is 6.56. The summed E-state index contributed by atoms with van der Waals surface area (Å²) in [7, 11) is 0. The molecule has 1 saturated heterocycles. The van der Waals surface area contributed by atoms with Gasteiger partial charge in [-0.15, -0.1) is 0 Å². The van der Waals surface area contributed by atoms with E-state index in [9.17, 15) is 4.79 Å². The van der Waals surface area contributed by atoms with E-state index in [0.29, 0.717) is 19.8 Å². The first-order valence-corrected chi connectivity index (χ1v) is 12.6. The molecule has 1 aromatic carbocycles. The molecule has 0 spiro atoms. The molecule has 1 fully saturated rings.